The van der Waals surface area contributed by atoms with Crippen molar-refractivity contribution in [2.75, 3.05) is 0 Å². The first-order chi connectivity index (χ1) is 15.2. The zero-order valence-corrected chi connectivity index (χ0v) is 22.6. The number of fused-ring (bicyclic) bond motifs is 1. The third-order valence-corrected chi connectivity index (χ3v) is 11.9. The summed E-state index contributed by atoms with van der Waals surface area (Å²) >= 11 is 0. The molecule has 0 saturated heterocycles. The zero-order chi connectivity index (χ0) is 26.4. The second kappa shape index (κ2) is 9.14. The van der Waals surface area contributed by atoms with Crippen LogP contribution in [0.25, 0.3) is 0 Å². The summed E-state index contributed by atoms with van der Waals surface area (Å²) in [4.78, 5) is 49.9. The van der Waals surface area contributed by atoms with Gasteiger partial charge in [0.15, 0.2) is 8.32 Å². The average Bonchev–Trinajstić information content (AvgIpc) is 3.25. The SMILES string of the molecule is C[C@@H](O[Si](C)(C)C(C)(C)C)[C@H](NC(=O)OC(C)(C)C)C(=O)NC1(C(=O)O)CCC2C(C(=O)O)C21. The lowest BCUT2D eigenvalue weighted by Crippen LogP contribution is -2.63. The summed E-state index contributed by atoms with van der Waals surface area (Å²) in [5.74, 6) is -4.85. The van der Waals surface area contributed by atoms with E-state index >= 15 is 0 Å². The smallest absolute Gasteiger partial charge is 0.408 e. The molecule has 0 heterocycles. The minimum Gasteiger partial charge on any atom is -0.481 e. The van der Waals surface area contributed by atoms with Gasteiger partial charge in [0, 0.05) is 5.92 Å². The molecule has 11 heteroatoms. The number of nitrogens with one attached hydrogen (secondary N) is 2. The van der Waals surface area contributed by atoms with Gasteiger partial charge >= 0.3 is 18.0 Å². The van der Waals surface area contributed by atoms with Gasteiger partial charge in [-0.1, -0.05) is 20.8 Å². The molecule has 10 nitrogen and oxygen atoms in total. The van der Waals surface area contributed by atoms with Crippen LogP contribution in [0.4, 0.5) is 4.79 Å². The number of amides is 2. The van der Waals surface area contributed by atoms with E-state index < -0.39 is 67.4 Å². The van der Waals surface area contributed by atoms with Crippen molar-refractivity contribution in [1.29, 1.82) is 0 Å². The van der Waals surface area contributed by atoms with Crippen LogP contribution in [0.1, 0.15) is 61.3 Å². The van der Waals surface area contributed by atoms with E-state index in [0.29, 0.717) is 6.42 Å². The molecule has 6 atom stereocenters. The highest BCUT2D eigenvalue weighted by Gasteiger charge is 2.72. The Morgan fingerprint density at radius 2 is 1.62 bits per heavy atom. The van der Waals surface area contributed by atoms with Crippen LogP contribution in [0.3, 0.4) is 0 Å². The summed E-state index contributed by atoms with van der Waals surface area (Å²) in [5, 5.41) is 24.4. The van der Waals surface area contributed by atoms with Gasteiger partial charge in [-0.05, 0) is 64.6 Å². The lowest BCUT2D eigenvalue weighted by Gasteiger charge is -2.40. The first-order valence-corrected chi connectivity index (χ1v) is 14.6. The van der Waals surface area contributed by atoms with E-state index in [0.717, 1.165) is 0 Å². The number of hydrogen-bond donors (Lipinski definition) is 4. The Hall–Kier alpha value is -2.14. The van der Waals surface area contributed by atoms with Gasteiger partial charge in [0.25, 0.3) is 0 Å². The largest absolute Gasteiger partial charge is 0.481 e. The lowest BCUT2D eigenvalue weighted by molar-refractivity contribution is -0.150. The van der Waals surface area contributed by atoms with E-state index in [1.807, 2.05) is 33.9 Å². The molecular weight excluding hydrogens is 460 g/mol. The van der Waals surface area contributed by atoms with Crippen LogP contribution in [-0.4, -0.2) is 65.8 Å². The lowest BCUT2D eigenvalue weighted by atomic mass is 9.89. The molecule has 0 spiro atoms. The first kappa shape index (κ1) is 28.1. The van der Waals surface area contributed by atoms with E-state index in [-0.39, 0.29) is 17.4 Å². The number of aliphatic carboxylic acids is 2. The molecule has 4 N–H and O–H groups in total. The van der Waals surface area contributed by atoms with E-state index in [1.165, 1.54) is 0 Å². The molecule has 0 aromatic heterocycles. The highest BCUT2D eigenvalue weighted by Crippen LogP contribution is 2.62. The monoisotopic (exact) mass is 500 g/mol. The molecule has 2 aliphatic rings. The third kappa shape index (κ3) is 5.73. The summed E-state index contributed by atoms with van der Waals surface area (Å²) < 4.78 is 11.7. The van der Waals surface area contributed by atoms with Crippen molar-refractivity contribution in [1.82, 2.24) is 10.6 Å². The van der Waals surface area contributed by atoms with Gasteiger partial charge in [0.1, 0.15) is 17.2 Å². The standard InChI is InChI=1S/C23H40N2O8Si/c1-12(33-34(8,9)22(5,6)7)16(24-20(31)32-21(2,3)4)17(26)25-23(19(29)30)11-10-13-14(15(13)23)18(27)28/h12-16H,10-11H2,1-9H3,(H,24,31)(H,25,26)(H,27,28)(H,29,30)/t12-,13?,14?,15?,16+,23?/m1/s1. The van der Waals surface area contributed by atoms with Crippen molar-refractivity contribution >= 4 is 32.3 Å². The molecule has 2 amide bonds. The number of carbonyl (C=O) groups is 4. The molecule has 194 valence electrons. The van der Waals surface area contributed by atoms with E-state index in [9.17, 15) is 29.4 Å². The number of carboxylic acids is 2. The Bertz CT molecular complexity index is 847. The number of alkyl carbamates (subject to hydrolysis) is 1. The zero-order valence-electron chi connectivity index (χ0n) is 21.6. The summed E-state index contributed by atoms with van der Waals surface area (Å²) in [6.45, 7) is 16.9. The molecule has 2 fully saturated rings. The van der Waals surface area contributed by atoms with E-state index in [1.54, 1.807) is 27.7 Å². The maximum Gasteiger partial charge on any atom is 0.408 e. The Balaban J connectivity index is 2.32. The minimum atomic E-state index is -2.36. The fourth-order valence-electron chi connectivity index (χ4n) is 4.59. The van der Waals surface area contributed by atoms with Crippen molar-refractivity contribution in [3.8, 4) is 0 Å². The summed E-state index contributed by atoms with van der Waals surface area (Å²) in [5.41, 5.74) is -2.51. The summed E-state index contributed by atoms with van der Waals surface area (Å²) in [6.07, 6.45) is -1.09. The second-order valence-electron chi connectivity index (χ2n) is 12.1. The van der Waals surface area contributed by atoms with Crippen LogP contribution < -0.4 is 10.6 Å². The number of ether oxygens (including phenoxy) is 1. The molecule has 0 aromatic carbocycles. The average molecular weight is 501 g/mol. The predicted octanol–water partition coefficient (Wildman–Crippen LogP) is 2.97. The fourth-order valence-corrected chi connectivity index (χ4v) is 6.01. The van der Waals surface area contributed by atoms with Crippen LogP contribution in [0.15, 0.2) is 0 Å². The van der Waals surface area contributed by atoms with Crippen molar-refractivity contribution in [3.63, 3.8) is 0 Å². The van der Waals surface area contributed by atoms with Crippen LogP contribution in [-0.2, 0) is 23.5 Å². The number of carbonyl (C=O) groups excluding carboxylic acids is 2. The fraction of sp³-hybridized carbons (Fsp3) is 0.826. The summed E-state index contributed by atoms with van der Waals surface area (Å²) in [6, 6.07) is -1.23. The number of carboxylic acid groups (broad SMARTS) is 2. The Morgan fingerprint density at radius 1 is 1.06 bits per heavy atom. The number of rotatable bonds is 8. The quantitative estimate of drug-likeness (QED) is 0.371. The maximum atomic E-state index is 13.5. The molecule has 0 aliphatic heterocycles. The Labute approximate surface area is 202 Å². The molecule has 34 heavy (non-hydrogen) atoms. The third-order valence-electron chi connectivity index (χ3n) is 7.33. The molecule has 0 aromatic rings. The molecule has 2 aliphatic carbocycles. The number of hydrogen-bond acceptors (Lipinski definition) is 6. The second-order valence-corrected chi connectivity index (χ2v) is 16.8. The normalized spacial score (nSPS) is 28.3. The van der Waals surface area contributed by atoms with Gasteiger partial charge < -0.3 is 30.0 Å². The van der Waals surface area contributed by atoms with E-state index in [2.05, 4.69) is 10.6 Å². The molecule has 2 rings (SSSR count). The van der Waals surface area contributed by atoms with Crippen LogP contribution in [0, 0.1) is 17.8 Å². The van der Waals surface area contributed by atoms with Crippen LogP contribution in [0.2, 0.25) is 18.1 Å². The van der Waals surface area contributed by atoms with Crippen molar-refractivity contribution < 1.29 is 38.6 Å². The molecule has 0 bridgehead atoms. The van der Waals surface area contributed by atoms with Crippen LogP contribution in [0.5, 0.6) is 0 Å². The highest BCUT2D eigenvalue weighted by molar-refractivity contribution is 6.74. The molecule has 4 unspecified atom stereocenters. The van der Waals surface area contributed by atoms with Crippen molar-refractivity contribution in [2.24, 2.45) is 17.8 Å². The summed E-state index contributed by atoms with van der Waals surface area (Å²) in [7, 11) is -2.36. The van der Waals surface area contributed by atoms with Gasteiger partial charge in [0.05, 0.1) is 12.0 Å². The Morgan fingerprint density at radius 3 is 2.03 bits per heavy atom. The highest BCUT2D eigenvalue weighted by atomic mass is 28.4. The maximum absolute atomic E-state index is 13.5. The predicted molar refractivity (Wildman–Crippen MR) is 127 cm³/mol. The molecule has 0 radical (unpaired) electrons. The topological polar surface area (TPSA) is 151 Å². The van der Waals surface area contributed by atoms with Gasteiger partial charge in [0.2, 0.25) is 5.91 Å². The van der Waals surface area contributed by atoms with Crippen molar-refractivity contribution in [2.45, 2.75) is 103 Å². The Kier molecular flexibility index (Phi) is 7.55. The molecular formula is C23H40N2O8Si. The molecule has 2 saturated carbocycles. The van der Waals surface area contributed by atoms with Crippen molar-refractivity contribution in [3.05, 3.63) is 0 Å². The van der Waals surface area contributed by atoms with Gasteiger partial charge in [-0.15, -0.1) is 0 Å². The van der Waals surface area contributed by atoms with Gasteiger partial charge in [-0.2, -0.15) is 0 Å². The van der Waals surface area contributed by atoms with Crippen LogP contribution >= 0.6 is 0 Å². The van der Waals surface area contributed by atoms with E-state index in [4.69, 9.17) is 9.16 Å². The first-order valence-electron chi connectivity index (χ1n) is 11.7. The minimum absolute atomic E-state index is 0.129. The van der Waals surface area contributed by atoms with Gasteiger partial charge in [-0.25, -0.2) is 9.59 Å². The van der Waals surface area contributed by atoms with Gasteiger partial charge in [-0.3, -0.25) is 9.59 Å².